The summed E-state index contributed by atoms with van der Waals surface area (Å²) < 4.78 is 0. The van der Waals surface area contributed by atoms with Crippen molar-refractivity contribution in [2.45, 2.75) is 63.5 Å². The predicted octanol–water partition coefficient (Wildman–Crippen LogP) is 1.96. The van der Waals surface area contributed by atoms with Crippen LogP contribution in [0.3, 0.4) is 0 Å². The van der Waals surface area contributed by atoms with E-state index in [0.717, 1.165) is 38.9 Å². The van der Waals surface area contributed by atoms with E-state index < -0.39 is 0 Å². The van der Waals surface area contributed by atoms with Gasteiger partial charge in [0.1, 0.15) is 0 Å². The molecule has 3 nitrogen and oxygen atoms in total. The fourth-order valence-corrected chi connectivity index (χ4v) is 4.15. The van der Waals surface area contributed by atoms with Gasteiger partial charge in [-0.3, -0.25) is 9.69 Å². The second-order valence-electron chi connectivity index (χ2n) is 6.26. The van der Waals surface area contributed by atoms with E-state index in [4.69, 9.17) is 0 Å². The second-order valence-corrected chi connectivity index (χ2v) is 6.26. The van der Waals surface area contributed by atoms with Gasteiger partial charge in [-0.15, -0.1) is 0 Å². The Morgan fingerprint density at radius 3 is 2.39 bits per heavy atom. The van der Waals surface area contributed by atoms with Gasteiger partial charge in [0.05, 0.1) is 6.04 Å². The van der Waals surface area contributed by atoms with Crippen LogP contribution in [0, 0.1) is 5.92 Å². The van der Waals surface area contributed by atoms with Crippen LogP contribution in [-0.4, -0.2) is 42.4 Å². The molecule has 3 rings (SSSR count). The van der Waals surface area contributed by atoms with E-state index >= 15 is 0 Å². The van der Waals surface area contributed by atoms with Crippen LogP contribution in [0.4, 0.5) is 0 Å². The quantitative estimate of drug-likeness (QED) is 0.831. The van der Waals surface area contributed by atoms with Crippen molar-refractivity contribution in [3.8, 4) is 0 Å². The Balaban J connectivity index is 1.64. The first kappa shape index (κ1) is 12.6. The number of rotatable bonds is 3. The molecule has 0 aromatic rings. The molecule has 0 aromatic heterocycles. The van der Waals surface area contributed by atoms with Crippen molar-refractivity contribution in [3.63, 3.8) is 0 Å². The zero-order valence-corrected chi connectivity index (χ0v) is 11.4. The van der Waals surface area contributed by atoms with Gasteiger partial charge < -0.3 is 5.32 Å². The largest absolute Gasteiger partial charge is 0.317 e. The fourth-order valence-electron chi connectivity index (χ4n) is 4.15. The molecule has 0 aromatic carbocycles. The standard InChI is InChI=1S/C15H26N2O/c18-15(12-4-1-2-5-12)14-6-3-11-17(14)13-7-9-16-10-8-13/h12-14,16H,1-11H2. The van der Waals surface area contributed by atoms with E-state index in [9.17, 15) is 4.79 Å². The summed E-state index contributed by atoms with van der Waals surface area (Å²) in [5.74, 6) is 0.987. The molecule has 1 atom stereocenters. The molecule has 2 heterocycles. The molecule has 0 radical (unpaired) electrons. The van der Waals surface area contributed by atoms with E-state index in [1.54, 1.807) is 0 Å². The summed E-state index contributed by atoms with van der Waals surface area (Å²) in [4.78, 5) is 15.2. The van der Waals surface area contributed by atoms with Crippen molar-refractivity contribution in [2.24, 2.45) is 5.92 Å². The molecular weight excluding hydrogens is 224 g/mol. The summed E-state index contributed by atoms with van der Waals surface area (Å²) in [5, 5.41) is 3.43. The number of nitrogens with one attached hydrogen (secondary N) is 1. The minimum absolute atomic E-state index is 0.274. The molecule has 0 spiro atoms. The summed E-state index contributed by atoms with van der Waals surface area (Å²) in [7, 11) is 0. The van der Waals surface area contributed by atoms with Crippen molar-refractivity contribution in [3.05, 3.63) is 0 Å². The SMILES string of the molecule is O=C(C1CCCC1)C1CCCN1C1CCNCC1. The number of ketones is 1. The van der Waals surface area contributed by atoms with E-state index in [-0.39, 0.29) is 6.04 Å². The molecule has 3 fully saturated rings. The van der Waals surface area contributed by atoms with E-state index in [1.165, 1.54) is 32.1 Å². The molecule has 3 heteroatoms. The van der Waals surface area contributed by atoms with Crippen molar-refractivity contribution in [1.82, 2.24) is 10.2 Å². The van der Waals surface area contributed by atoms with Crippen LogP contribution in [0.1, 0.15) is 51.4 Å². The number of carbonyl (C=O) groups excluding carboxylic acids is 1. The smallest absolute Gasteiger partial charge is 0.153 e. The lowest BCUT2D eigenvalue weighted by atomic mass is 9.93. The molecule has 0 amide bonds. The molecule has 2 aliphatic heterocycles. The molecule has 1 N–H and O–H groups in total. The number of hydrogen-bond acceptors (Lipinski definition) is 3. The van der Waals surface area contributed by atoms with Gasteiger partial charge in [-0.25, -0.2) is 0 Å². The summed E-state index contributed by atoms with van der Waals surface area (Å²) in [5.41, 5.74) is 0. The second kappa shape index (κ2) is 5.70. The number of Topliss-reactive ketones (excluding diaryl/α,β-unsaturated/α-hetero) is 1. The Hall–Kier alpha value is -0.410. The summed E-state index contributed by atoms with van der Waals surface area (Å²) in [6.07, 6.45) is 9.69. The lowest BCUT2D eigenvalue weighted by molar-refractivity contribution is -0.128. The third-order valence-corrected chi connectivity index (χ3v) is 5.16. The van der Waals surface area contributed by atoms with Crippen molar-refractivity contribution in [2.75, 3.05) is 19.6 Å². The van der Waals surface area contributed by atoms with Crippen LogP contribution < -0.4 is 5.32 Å². The number of likely N-dealkylation sites (tertiary alicyclic amines) is 1. The Morgan fingerprint density at radius 1 is 0.944 bits per heavy atom. The van der Waals surface area contributed by atoms with Gasteiger partial charge in [0.2, 0.25) is 0 Å². The molecule has 1 unspecified atom stereocenters. The van der Waals surface area contributed by atoms with Gasteiger partial charge in [-0.05, 0) is 58.2 Å². The molecule has 102 valence electrons. The number of hydrogen-bond donors (Lipinski definition) is 1. The normalized spacial score (nSPS) is 32.1. The zero-order chi connectivity index (χ0) is 12.4. The first-order valence-electron chi connectivity index (χ1n) is 7.86. The van der Waals surface area contributed by atoms with Gasteiger partial charge >= 0.3 is 0 Å². The molecule has 0 bridgehead atoms. The molecule has 3 aliphatic rings. The highest BCUT2D eigenvalue weighted by molar-refractivity contribution is 5.86. The molecule has 18 heavy (non-hydrogen) atoms. The summed E-state index contributed by atoms with van der Waals surface area (Å²) >= 11 is 0. The van der Waals surface area contributed by atoms with Crippen LogP contribution in [0.15, 0.2) is 0 Å². The highest BCUT2D eigenvalue weighted by Crippen LogP contribution is 2.32. The molecule has 1 aliphatic carbocycles. The van der Waals surface area contributed by atoms with Gasteiger partial charge in [-0.2, -0.15) is 0 Å². The number of carbonyl (C=O) groups is 1. The maximum Gasteiger partial charge on any atom is 0.153 e. The van der Waals surface area contributed by atoms with Crippen molar-refractivity contribution in [1.29, 1.82) is 0 Å². The van der Waals surface area contributed by atoms with E-state index in [2.05, 4.69) is 10.2 Å². The summed E-state index contributed by atoms with van der Waals surface area (Å²) in [6.45, 7) is 3.42. The Bertz CT molecular complexity index is 293. The van der Waals surface area contributed by atoms with Crippen LogP contribution in [0.5, 0.6) is 0 Å². The molecular formula is C15H26N2O. The lowest BCUT2D eigenvalue weighted by Gasteiger charge is -2.36. The first-order valence-corrected chi connectivity index (χ1v) is 7.86. The third-order valence-electron chi connectivity index (χ3n) is 5.16. The van der Waals surface area contributed by atoms with Gasteiger partial charge in [0.25, 0.3) is 0 Å². The minimum Gasteiger partial charge on any atom is -0.317 e. The van der Waals surface area contributed by atoms with Crippen LogP contribution in [0.25, 0.3) is 0 Å². The fraction of sp³-hybridized carbons (Fsp3) is 0.933. The zero-order valence-electron chi connectivity index (χ0n) is 11.4. The Morgan fingerprint density at radius 2 is 1.67 bits per heavy atom. The van der Waals surface area contributed by atoms with Crippen LogP contribution >= 0.6 is 0 Å². The van der Waals surface area contributed by atoms with Crippen LogP contribution in [0.2, 0.25) is 0 Å². The third kappa shape index (κ3) is 2.48. The number of piperidine rings is 1. The maximum absolute atomic E-state index is 12.6. The first-order chi connectivity index (χ1) is 8.86. The molecule has 2 saturated heterocycles. The minimum atomic E-state index is 0.274. The van der Waals surface area contributed by atoms with Crippen molar-refractivity contribution < 1.29 is 4.79 Å². The van der Waals surface area contributed by atoms with Crippen molar-refractivity contribution >= 4 is 5.78 Å². The monoisotopic (exact) mass is 250 g/mol. The average molecular weight is 250 g/mol. The highest BCUT2D eigenvalue weighted by atomic mass is 16.1. The Kier molecular flexibility index (Phi) is 4.00. The summed E-state index contributed by atoms with van der Waals surface area (Å²) in [6, 6.07) is 0.945. The topological polar surface area (TPSA) is 32.3 Å². The van der Waals surface area contributed by atoms with Gasteiger partial charge in [0.15, 0.2) is 5.78 Å². The average Bonchev–Trinajstić information content (AvgIpc) is 3.10. The predicted molar refractivity (Wildman–Crippen MR) is 72.6 cm³/mol. The maximum atomic E-state index is 12.6. The highest BCUT2D eigenvalue weighted by Gasteiger charge is 2.38. The molecule has 1 saturated carbocycles. The van der Waals surface area contributed by atoms with E-state index in [1.807, 2.05) is 0 Å². The van der Waals surface area contributed by atoms with Gasteiger partial charge in [0, 0.05) is 12.0 Å². The van der Waals surface area contributed by atoms with Gasteiger partial charge in [-0.1, -0.05) is 12.8 Å². The lowest BCUT2D eigenvalue weighted by Crippen LogP contribution is -2.48. The van der Waals surface area contributed by atoms with E-state index in [0.29, 0.717) is 17.7 Å². The Labute approximate surface area is 110 Å². The number of nitrogens with zero attached hydrogens (tertiary/aromatic N) is 1. The van der Waals surface area contributed by atoms with Crippen LogP contribution in [-0.2, 0) is 4.79 Å².